The average Bonchev–Trinajstić information content (AvgIpc) is 2.99. The van der Waals surface area contributed by atoms with Crippen LogP contribution in [-0.2, 0) is 13.5 Å². The first-order chi connectivity index (χ1) is 11.6. The second-order valence-corrected chi connectivity index (χ2v) is 5.25. The number of amides is 2. The molecule has 0 spiro atoms. The van der Waals surface area contributed by atoms with E-state index in [1.165, 1.54) is 0 Å². The Bertz CT molecular complexity index is 704. The molecule has 0 saturated heterocycles. The molecule has 0 aliphatic rings. The lowest BCUT2D eigenvalue weighted by atomic mass is 10.2. The molecule has 1 atom stereocenters. The number of carbonyl (C=O) groups is 1. The molecule has 24 heavy (non-hydrogen) atoms. The number of hydrogen-bond donors (Lipinski definition) is 2. The minimum Gasteiger partial charge on any atom is -0.492 e. The Kier molecular flexibility index (Phi) is 6.14. The SMILES string of the molecule is CC(NC(=O)NCCOc1ccc(CC#N)cc1)c1nncn1C. The van der Waals surface area contributed by atoms with Gasteiger partial charge in [-0.25, -0.2) is 4.79 Å². The van der Waals surface area contributed by atoms with Crippen molar-refractivity contribution < 1.29 is 9.53 Å². The normalized spacial score (nSPS) is 11.4. The minimum absolute atomic E-state index is 0.244. The summed E-state index contributed by atoms with van der Waals surface area (Å²) < 4.78 is 7.29. The van der Waals surface area contributed by atoms with Crippen LogP contribution in [0, 0.1) is 11.3 Å². The molecule has 0 saturated carbocycles. The molecule has 2 amide bonds. The van der Waals surface area contributed by atoms with E-state index in [1.807, 2.05) is 38.2 Å². The smallest absolute Gasteiger partial charge is 0.315 e. The second-order valence-electron chi connectivity index (χ2n) is 5.25. The lowest BCUT2D eigenvalue weighted by Gasteiger charge is -2.14. The Morgan fingerprint density at radius 3 is 2.79 bits per heavy atom. The number of aryl methyl sites for hydroxylation is 1. The van der Waals surface area contributed by atoms with Gasteiger partial charge < -0.3 is 19.9 Å². The van der Waals surface area contributed by atoms with Gasteiger partial charge in [-0.2, -0.15) is 5.26 Å². The number of urea groups is 1. The maximum atomic E-state index is 11.8. The topological polar surface area (TPSA) is 105 Å². The van der Waals surface area contributed by atoms with Gasteiger partial charge in [-0.05, 0) is 24.6 Å². The highest BCUT2D eigenvalue weighted by Crippen LogP contribution is 2.12. The van der Waals surface area contributed by atoms with Crippen molar-refractivity contribution in [1.29, 1.82) is 5.26 Å². The number of nitrogens with one attached hydrogen (secondary N) is 2. The summed E-state index contributed by atoms with van der Waals surface area (Å²) >= 11 is 0. The zero-order chi connectivity index (χ0) is 17.4. The first kappa shape index (κ1) is 17.3. The molecule has 0 aliphatic carbocycles. The number of hydrogen-bond acceptors (Lipinski definition) is 5. The van der Waals surface area contributed by atoms with Gasteiger partial charge in [0.15, 0.2) is 5.82 Å². The van der Waals surface area contributed by atoms with E-state index in [2.05, 4.69) is 26.9 Å². The zero-order valence-corrected chi connectivity index (χ0v) is 13.7. The number of nitrogens with zero attached hydrogens (tertiary/aromatic N) is 4. The van der Waals surface area contributed by atoms with Crippen molar-refractivity contribution in [3.05, 3.63) is 42.0 Å². The van der Waals surface area contributed by atoms with Crippen LogP contribution in [0.25, 0.3) is 0 Å². The Morgan fingerprint density at radius 2 is 2.17 bits per heavy atom. The fourth-order valence-electron chi connectivity index (χ4n) is 2.12. The minimum atomic E-state index is -0.293. The van der Waals surface area contributed by atoms with E-state index < -0.39 is 0 Å². The number of ether oxygens (including phenoxy) is 1. The maximum absolute atomic E-state index is 11.8. The molecule has 1 aromatic heterocycles. The van der Waals surface area contributed by atoms with Gasteiger partial charge in [0.25, 0.3) is 0 Å². The third-order valence-electron chi connectivity index (χ3n) is 3.34. The van der Waals surface area contributed by atoms with Crippen LogP contribution in [0.2, 0.25) is 0 Å². The Hall–Kier alpha value is -3.08. The Morgan fingerprint density at radius 1 is 1.42 bits per heavy atom. The lowest BCUT2D eigenvalue weighted by molar-refractivity contribution is 0.233. The van der Waals surface area contributed by atoms with Crippen LogP contribution in [0.15, 0.2) is 30.6 Å². The van der Waals surface area contributed by atoms with Crippen molar-refractivity contribution >= 4 is 6.03 Å². The molecule has 8 nitrogen and oxygen atoms in total. The maximum Gasteiger partial charge on any atom is 0.315 e. The van der Waals surface area contributed by atoms with Gasteiger partial charge in [-0.15, -0.1) is 10.2 Å². The van der Waals surface area contributed by atoms with Gasteiger partial charge in [0.05, 0.1) is 25.1 Å². The Balaban J connectivity index is 1.67. The molecule has 2 rings (SSSR count). The largest absolute Gasteiger partial charge is 0.492 e. The Labute approximate surface area is 140 Å². The molecular formula is C16H20N6O2. The molecule has 1 unspecified atom stereocenters. The molecular weight excluding hydrogens is 308 g/mol. The van der Waals surface area contributed by atoms with E-state index in [1.54, 1.807) is 10.9 Å². The van der Waals surface area contributed by atoms with Gasteiger partial charge in [-0.1, -0.05) is 12.1 Å². The first-order valence-electron chi connectivity index (χ1n) is 7.57. The van der Waals surface area contributed by atoms with Gasteiger partial charge in [0.1, 0.15) is 18.7 Å². The summed E-state index contributed by atoms with van der Waals surface area (Å²) in [6.45, 7) is 2.56. The van der Waals surface area contributed by atoms with Crippen molar-refractivity contribution in [2.75, 3.05) is 13.2 Å². The van der Waals surface area contributed by atoms with Crippen molar-refractivity contribution in [3.63, 3.8) is 0 Å². The molecule has 126 valence electrons. The summed E-state index contributed by atoms with van der Waals surface area (Å²) in [5.74, 6) is 1.38. The second kappa shape index (κ2) is 8.53. The molecule has 0 bridgehead atoms. The molecule has 0 radical (unpaired) electrons. The fourth-order valence-corrected chi connectivity index (χ4v) is 2.12. The molecule has 0 fully saturated rings. The van der Waals surface area contributed by atoms with Gasteiger partial charge >= 0.3 is 6.03 Å². The number of aromatic nitrogens is 3. The summed E-state index contributed by atoms with van der Waals surface area (Å²) in [7, 11) is 1.82. The quantitative estimate of drug-likeness (QED) is 0.746. The summed E-state index contributed by atoms with van der Waals surface area (Å²) in [4.78, 5) is 11.8. The lowest BCUT2D eigenvalue weighted by Crippen LogP contribution is -2.39. The number of rotatable bonds is 7. The van der Waals surface area contributed by atoms with E-state index >= 15 is 0 Å². The van der Waals surface area contributed by atoms with E-state index in [0.717, 1.165) is 5.56 Å². The van der Waals surface area contributed by atoms with Crippen LogP contribution < -0.4 is 15.4 Å². The number of benzene rings is 1. The monoisotopic (exact) mass is 328 g/mol. The summed E-state index contributed by atoms with van der Waals surface area (Å²) in [5, 5.41) is 21.9. The molecule has 2 aromatic rings. The zero-order valence-electron chi connectivity index (χ0n) is 13.7. The highest BCUT2D eigenvalue weighted by Gasteiger charge is 2.13. The molecule has 0 aliphatic heterocycles. The fraction of sp³-hybridized carbons (Fsp3) is 0.375. The van der Waals surface area contributed by atoms with Crippen molar-refractivity contribution in [2.24, 2.45) is 7.05 Å². The predicted octanol–water partition coefficient (Wildman–Crippen LogP) is 1.32. The summed E-state index contributed by atoms with van der Waals surface area (Å²) in [5.41, 5.74) is 0.945. The third-order valence-corrected chi connectivity index (χ3v) is 3.34. The van der Waals surface area contributed by atoms with Crippen molar-refractivity contribution in [3.8, 4) is 11.8 Å². The summed E-state index contributed by atoms with van der Waals surface area (Å²) in [6, 6.07) is 8.87. The molecule has 1 heterocycles. The van der Waals surface area contributed by atoms with Crippen LogP contribution >= 0.6 is 0 Å². The van der Waals surface area contributed by atoms with Crippen LogP contribution in [0.1, 0.15) is 24.4 Å². The van der Waals surface area contributed by atoms with Crippen molar-refractivity contribution in [1.82, 2.24) is 25.4 Å². The molecule has 1 aromatic carbocycles. The highest BCUT2D eigenvalue weighted by atomic mass is 16.5. The number of carbonyl (C=O) groups excluding carboxylic acids is 1. The van der Waals surface area contributed by atoms with Crippen molar-refractivity contribution in [2.45, 2.75) is 19.4 Å². The predicted molar refractivity (Wildman–Crippen MR) is 87.2 cm³/mol. The van der Waals surface area contributed by atoms with E-state index in [-0.39, 0.29) is 12.1 Å². The third kappa shape index (κ3) is 4.98. The van der Waals surface area contributed by atoms with E-state index in [0.29, 0.717) is 31.1 Å². The van der Waals surface area contributed by atoms with E-state index in [9.17, 15) is 4.79 Å². The van der Waals surface area contributed by atoms with Gasteiger partial charge in [0, 0.05) is 7.05 Å². The summed E-state index contributed by atoms with van der Waals surface area (Å²) in [6.07, 6.45) is 1.97. The van der Waals surface area contributed by atoms with E-state index in [4.69, 9.17) is 10.00 Å². The average molecular weight is 328 g/mol. The number of nitriles is 1. The van der Waals surface area contributed by atoms with Crippen LogP contribution in [-0.4, -0.2) is 33.9 Å². The first-order valence-corrected chi connectivity index (χ1v) is 7.57. The van der Waals surface area contributed by atoms with Crippen LogP contribution in [0.3, 0.4) is 0 Å². The van der Waals surface area contributed by atoms with Crippen LogP contribution in [0.5, 0.6) is 5.75 Å². The molecule has 2 N–H and O–H groups in total. The standard InChI is InChI=1S/C16H20N6O2/c1-12(15-21-19-11-22(15)2)20-16(23)18-9-10-24-14-5-3-13(4-6-14)7-8-17/h3-6,11-12H,7,9-10H2,1-2H3,(H2,18,20,23). The van der Waals surface area contributed by atoms with Crippen LogP contribution in [0.4, 0.5) is 4.79 Å². The highest BCUT2D eigenvalue weighted by molar-refractivity contribution is 5.74. The molecule has 8 heteroatoms. The van der Waals surface area contributed by atoms with Gasteiger partial charge in [0.2, 0.25) is 0 Å². The van der Waals surface area contributed by atoms with Gasteiger partial charge in [-0.3, -0.25) is 0 Å².